The van der Waals surface area contributed by atoms with Gasteiger partial charge in [0.15, 0.2) is 17.8 Å². The summed E-state index contributed by atoms with van der Waals surface area (Å²) in [7, 11) is 0. The number of alkyl carbamates (subject to hydrolysis) is 1. The maximum atomic E-state index is 14.1. The Morgan fingerprint density at radius 3 is 1.48 bits per heavy atom. The quantitative estimate of drug-likeness (QED) is 0.197. The Kier molecular flexibility index (Phi) is 11.1. The van der Waals surface area contributed by atoms with E-state index in [-0.39, 0.29) is 0 Å². The van der Waals surface area contributed by atoms with Gasteiger partial charge in [0.2, 0.25) is 6.29 Å². The molecule has 1 amide bonds. The van der Waals surface area contributed by atoms with E-state index in [0.717, 1.165) is 27.7 Å². The van der Waals surface area contributed by atoms with Crippen molar-refractivity contribution >= 4 is 30.0 Å². The van der Waals surface area contributed by atoms with E-state index in [9.17, 15) is 24.0 Å². The third-order valence-corrected chi connectivity index (χ3v) is 7.05. The number of benzene rings is 3. The first kappa shape index (κ1) is 33.7. The predicted octanol–water partition coefficient (Wildman–Crippen LogP) is 3.79. The molecule has 1 unspecified atom stereocenters. The van der Waals surface area contributed by atoms with Gasteiger partial charge in [0.1, 0.15) is 18.8 Å². The maximum Gasteiger partial charge on any atom is 0.409 e. The highest BCUT2D eigenvalue weighted by Gasteiger charge is 2.53. The fourth-order valence-electron chi connectivity index (χ4n) is 5.32. The van der Waals surface area contributed by atoms with Crippen LogP contribution in [0.1, 0.15) is 44.4 Å². The third kappa shape index (κ3) is 8.07. The molecule has 0 aromatic heterocycles. The first-order valence-corrected chi connectivity index (χ1v) is 14.5. The molecule has 0 radical (unpaired) electrons. The third-order valence-electron chi connectivity index (χ3n) is 7.05. The average Bonchev–Trinajstić information content (AvgIpc) is 3.02. The molecule has 4 rings (SSSR count). The monoisotopic (exact) mass is 633 g/mol. The van der Waals surface area contributed by atoms with Crippen molar-refractivity contribution in [3.05, 3.63) is 108 Å². The molecule has 1 aliphatic heterocycles. The first-order valence-electron chi connectivity index (χ1n) is 14.5. The number of hydrogen-bond acceptors (Lipinski definition) is 11. The van der Waals surface area contributed by atoms with Crippen LogP contribution in [0.4, 0.5) is 4.79 Å². The van der Waals surface area contributed by atoms with Gasteiger partial charge in [0.05, 0.1) is 0 Å². The molecule has 12 heteroatoms. The van der Waals surface area contributed by atoms with Crippen LogP contribution in [0.2, 0.25) is 0 Å². The highest BCUT2D eigenvalue weighted by atomic mass is 16.7. The van der Waals surface area contributed by atoms with E-state index in [0.29, 0.717) is 16.7 Å². The molecule has 0 saturated carbocycles. The molecular formula is C34H35NO11. The van der Waals surface area contributed by atoms with Crippen molar-refractivity contribution in [2.24, 2.45) is 0 Å². The average molecular weight is 634 g/mol. The SMILES string of the molecule is CC(=O)OC[C@H]1OC(OC(C)=O)[C@H](NC(=O)OC(c2ccccc2)(c2ccccc2)c2ccccc2)[C@@H](OC(C)=O)[C@@H]1OC(C)=O. The van der Waals surface area contributed by atoms with Gasteiger partial charge in [-0.05, 0) is 0 Å². The largest absolute Gasteiger partial charge is 0.463 e. The highest BCUT2D eigenvalue weighted by molar-refractivity contribution is 5.72. The molecule has 1 aliphatic rings. The van der Waals surface area contributed by atoms with Crippen molar-refractivity contribution in [3.63, 3.8) is 0 Å². The van der Waals surface area contributed by atoms with E-state index in [4.69, 9.17) is 28.4 Å². The Bertz CT molecular complexity index is 1420. The van der Waals surface area contributed by atoms with Crippen molar-refractivity contribution in [1.82, 2.24) is 5.32 Å². The zero-order valence-electron chi connectivity index (χ0n) is 25.7. The fourth-order valence-corrected chi connectivity index (χ4v) is 5.32. The minimum atomic E-state index is -1.58. The Morgan fingerprint density at radius 1 is 0.630 bits per heavy atom. The van der Waals surface area contributed by atoms with Crippen LogP contribution in [0, 0.1) is 0 Å². The van der Waals surface area contributed by atoms with E-state index < -0.39 is 72.8 Å². The van der Waals surface area contributed by atoms with Crippen LogP contribution in [0.25, 0.3) is 0 Å². The van der Waals surface area contributed by atoms with Gasteiger partial charge in [-0.15, -0.1) is 0 Å². The summed E-state index contributed by atoms with van der Waals surface area (Å²) in [6, 6.07) is 25.8. The second-order valence-corrected chi connectivity index (χ2v) is 10.4. The lowest BCUT2D eigenvalue weighted by molar-refractivity contribution is -0.270. The van der Waals surface area contributed by atoms with Gasteiger partial charge in [-0.3, -0.25) is 19.2 Å². The summed E-state index contributed by atoms with van der Waals surface area (Å²) >= 11 is 0. The number of nitrogens with one attached hydrogen (secondary N) is 1. The molecule has 3 aromatic rings. The molecule has 46 heavy (non-hydrogen) atoms. The van der Waals surface area contributed by atoms with Crippen LogP contribution in [0.15, 0.2) is 91.0 Å². The Hall–Kier alpha value is -5.23. The molecule has 3 aromatic carbocycles. The summed E-state index contributed by atoms with van der Waals surface area (Å²) in [4.78, 5) is 62.3. The fraction of sp³-hybridized carbons (Fsp3) is 0.324. The van der Waals surface area contributed by atoms with Crippen LogP contribution in [0.5, 0.6) is 0 Å². The number of esters is 4. The lowest BCUT2D eigenvalue weighted by atomic mass is 9.80. The zero-order valence-corrected chi connectivity index (χ0v) is 25.7. The van der Waals surface area contributed by atoms with Crippen LogP contribution in [0.3, 0.4) is 0 Å². The molecule has 1 saturated heterocycles. The first-order chi connectivity index (χ1) is 22.0. The number of amides is 1. The highest BCUT2D eigenvalue weighted by Crippen LogP contribution is 2.41. The van der Waals surface area contributed by atoms with Crippen LogP contribution in [-0.4, -0.2) is 67.2 Å². The summed E-state index contributed by atoms with van der Waals surface area (Å²) < 4.78 is 33.8. The van der Waals surface area contributed by atoms with Crippen LogP contribution < -0.4 is 5.32 Å². The standard InChI is InChI=1S/C34H35NO11/c1-21(36)41-20-28-30(42-22(2)37)31(43-23(3)38)29(32(45-28)44-24(4)39)35-33(40)46-34(25-14-8-5-9-15-25,26-16-10-6-11-17-26)27-18-12-7-13-19-27/h5-19,28-32H,20H2,1-4H3,(H,35,40)/t28-,29-,30-,31-,32?/m1/s1. The molecule has 1 N–H and O–H groups in total. The molecule has 12 nitrogen and oxygen atoms in total. The molecule has 1 heterocycles. The minimum Gasteiger partial charge on any atom is -0.463 e. The van der Waals surface area contributed by atoms with Crippen molar-refractivity contribution in [2.45, 2.75) is 63.9 Å². The number of ether oxygens (including phenoxy) is 6. The van der Waals surface area contributed by atoms with E-state index >= 15 is 0 Å². The number of hydrogen-bond donors (Lipinski definition) is 1. The summed E-state index contributed by atoms with van der Waals surface area (Å²) in [5.41, 5.74) is 0.379. The molecule has 0 aliphatic carbocycles. The van der Waals surface area contributed by atoms with Crippen molar-refractivity contribution in [1.29, 1.82) is 0 Å². The zero-order chi connectivity index (χ0) is 33.3. The lowest BCUT2D eigenvalue weighted by Crippen LogP contribution is -2.67. The summed E-state index contributed by atoms with van der Waals surface area (Å²) in [5, 5.41) is 2.64. The molecule has 5 atom stereocenters. The van der Waals surface area contributed by atoms with E-state index in [1.807, 2.05) is 91.0 Å². The molecular weight excluding hydrogens is 598 g/mol. The Morgan fingerprint density at radius 2 is 1.07 bits per heavy atom. The Labute approximate surface area is 265 Å². The van der Waals surface area contributed by atoms with Gasteiger partial charge in [0, 0.05) is 44.4 Å². The van der Waals surface area contributed by atoms with Crippen molar-refractivity contribution in [2.75, 3.05) is 6.61 Å². The van der Waals surface area contributed by atoms with Gasteiger partial charge in [-0.2, -0.15) is 0 Å². The van der Waals surface area contributed by atoms with Crippen molar-refractivity contribution < 1.29 is 52.4 Å². The Balaban J connectivity index is 1.80. The van der Waals surface area contributed by atoms with Gasteiger partial charge in [0.25, 0.3) is 0 Å². The van der Waals surface area contributed by atoms with Crippen LogP contribution in [-0.2, 0) is 53.2 Å². The maximum absolute atomic E-state index is 14.1. The van der Waals surface area contributed by atoms with E-state index in [2.05, 4.69) is 5.32 Å². The second kappa shape index (κ2) is 15.2. The van der Waals surface area contributed by atoms with Gasteiger partial charge >= 0.3 is 30.0 Å². The molecule has 242 valence electrons. The molecule has 1 fully saturated rings. The van der Waals surface area contributed by atoms with E-state index in [1.165, 1.54) is 0 Å². The van der Waals surface area contributed by atoms with Crippen LogP contribution >= 0.6 is 0 Å². The minimum absolute atomic E-state index is 0.445. The van der Waals surface area contributed by atoms with Gasteiger partial charge < -0.3 is 33.7 Å². The number of carbonyl (C=O) groups is 5. The molecule has 0 bridgehead atoms. The normalized spacial score (nSPS) is 20.8. The van der Waals surface area contributed by atoms with Gasteiger partial charge in [-0.25, -0.2) is 4.79 Å². The van der Waals surface area contributed by atoms with Crippen molar-refractivity contribution in [3.8, 4) is 0 Å². The predicted molar refractivity (Wildman–Crippen MR) is 161 cm³/mol. The number of rotatable bonds is 10. The topological polar surface area (TPSA) is 153 Å². The van der Waals surface area contributed by atoms with E-state index in [1.54, 1.807) is 0 Å². The lowest BCUT2D eigenvalue weighted by Gasteiger charge is -2.44. The van der Waals surface area contributed by atoms with Gasteiger partial charge in [-0.1, -0.05) is 91.0 Å². The summed E-state index contributed by atoms with van der Waals surface area (Å²) in [6.45, 7) is 4.07. The number of carbonyl (C=O) groups excluding carboxylic acids is 5. The smallest absolute Gasteiger partial charge is 0.409 e. The summed E-state index contributed by atoms with van der Waals surface area (Å²) in [5.74, 6) is -3.04. The molecule has 0 spiro atoms. The summed E-state index contributed by atoms with van der Waals surface area (Å²) in [6.07, 6.45) is -6.69. The second-order valence-electron chi connectivity index (χ2n) is 10.4.